The van der Waals surface area contributed by atoms with Crippen molar-refractivity contribution in [3.8, 4) is 0 Å². The second-order valence-corrected chi connectivity index (χ2v) is 10.5. The van der Waals surface area contributed by atoms with Crippen LogP contribution >= 0.6 is 0 Å². The highest BCUT2D eigenvalue weighted by atomic mass is 15.3. The number of rotatable bonds is 18. The molecule has 0 aliphatic carbocycles. The standard InChI is InChI=1S/C35H48N/c1-2-3-4-5-6-7-8-9-10-11-12-22-29-36(30-33-23-16-13-17-24-33,31-34-25-18-14-19-26-34)32-35-27-20-15-21-28-35/h12-28H,2-11,29-32H2,1H3/q+1/b22-12+. The zero-order valence-corrected chi connectivity index (χ0v) is 22.7. The van der Waals surface area contributed by atoms with Crippen LogP contribution < -0.4 is 0 Å². The molecule has 0 spiro atoms. The molecule has 0 unspecified atom stereocenters. The minimum atomic E-state index is 1.01. The molecule has 0 atom stereocenters. The van der Waals surface area contributed by atoms with Gasteiger partial charge < -0.3 is 4.48 Å². The van der Waals surface area contributed by atoms with E-state index in [1.807, 2.05) is 0 Å². The molecule has 0 aromatic heterocycles. The van der Waals surface area contributed by atoms with Gasteiger partial charge in [-0.1, -0.05) is 155 Å². The molecule has 36 heavy (non-hydrogen) atoms. The molecular formula is C35H48N+. The zero-order valence-electron chi connectivity index (χ0n) is 22.7. The lowest BCUT2D eigenvalue weighted by Crippen LogP contribution is -2.46. The summed E-state index contributed by atoms with van der Waals surface area (Å²) in [7, 11) is 0. The van der Waals surface area contributed by atoms with Crippen LogP contribution in [0.5, 0.6) is 0 Å². The summed E-state index contributed by atoms with van der Waals surface area (Å²) < 4.78 is 1.01. The van der Waals surface area contributed by atoms with Gasteiger partial charge in [0.1, 0.15) is 19.6 Å². The third kappa shape index (κ3) is 11.0. The van der Waals surface area contributed by atoms with Crippen LogP contribution in [0.2, 0.25) is 0 Å². The Labute approximate surface area is 221 Å². The van der Waals surface area contributed by atoms with E-state index in [4.69, 9.17) is 0 Å². The molecule has 0 fully saturated rings. The fourth-order valence-corrected chi connectivity index (χ4v) is 5.26. The van der Waals surface area contributed by atoms with Crippen molar-refractivity contribution in [3.05, 3.63) is 120 Å². The molecule has 0 aliphatic rings. The third-order valence-corrected chi connectivity index (χ3v) is 7.22. The van der Waals surface area contributed by atoms with Gasteiger partial charge in [0.25, 0.3) is 0 Å². The van der Waals surface area contributed by atoms with Crippen LogP contribution in [-0.2, 0) is 19.6 Å². The van der Waals surface area contributed by atoms with Gasteiger partial charge in [0.05, 0.1) is 6.54 Å². The van der Waals surface area contributed by atoms with Gasteiger partial charge in [-0.2, -0.15) is 0 Å². The topological polar surface area (TPSA) is 0 Å². The number of nitrogens with zero attached hydrogens (tertiary/aromatic N) is 1. The van der Waals surface area contributed by atoms with Gasteiger partial charge in [-0.25, -0.2) is 0 Å². The Morgan fingerprint density at radius 1 is 0.472 bits per heavy atom. The van der Waals surface area contributed by atoms with Crippen LogP contribution in [0.15, 0.2) is 103 Å². The average Bonchev–Trinajstić information content (AvgIpc) is 2.91. The molecule has 3 aromatic rings. The van der Waals surface area contributed by atoms with Crippen molar-refractivity contribution in [2.75, 3.05) is 6.54 Å². The van der Waals surface area contributed by atoms with Crippen molar-refractivity contribution in [3.63, 3.8) is 0 Å². The van der Waals surface area contributed by atoms with E-state index in [-0.39, 0.29) is 0 Å². The predicted molar refractivity (Wildman–Crippen MR) is 157 cm³/mol. The normalized spacial score (nSPS) is 11.8. The van der Waals surface area contributed by atoms with Gasteiger partial charge in [0.2, 0.25) is 0 Å². The van der Waals surface area contributed by atoms with Crippen molar-refractivity contribution >= 4 is 0 Å². The summed E-state index contributed by atoms with van der Waals surface area (Å²) in [4.78, 5) is 0. The van der Waals surface area contributed by atoms with E-state index in [1.165, 1.54) is 80.9 Å². The van der Waals surface area contributed by atoms with E-state index in [2.05, 4.69) is 110 Å². The second kappa shape index (κ2) is 16.9. The maximum Gasteiger partial charge on any atom is 0.105 e. The van der Waals surface area contributed by atoms with Gasteiger partial charge >= 0.3 is 0 Å². The molecule has 0 radical (unpaired) electrons. The van der Waals surface area contributed by atoms with Gasteiger partial charge in [-0.3, -0.25) is 0 Å². The molecule has 0 N–H and O–H groups in total. The van der Waals surface area contributed by atoms with Gasteiger partial charge in [-0.15, -0.1) is 0 Å². The first-order valence-corrected chi connectivity index (χ1v) is 14.4. The number of hydrogen-bond acceptors (Lipinski definition) is 0. The average molecular weight is 483 g/mol. The molecule has 1 heteroatoms. The van der Waals surface area contributed by atoms with E-state index in [0.29, 0.717) is 0 Å². The summed E-state index contributed by atoms with van der Waals surface area (Å²) >= 11 is 0. The maximum atomic E-state index is 2.47. The molecular weight excluding hydrogens is 434 g/mol. The molecule has 0 amide bonds. The Balaban J connectivity index is 1.62. The lowest BCUT2D eigenvalue weighted by Gasteiger charge is -2.38. The van der Waals surface area contributed by atoms with Crippen molar-refractivity contribution < 1.29 is 4.48 Å². The smallest absolute Gasteiger partial charge is 0.105 e. The summed E-state index contributed by atoms with van der Waals surface area (Å²) in [5.74, 6) is 0. The third-order valence-electron chi connectivity index (χ3n) is 7.22. The number of quaternary nitrogens is 1. The predicted octanol–water partition coefficient (Wildman–Crippen LogP) is 9.88. The lowest BCUT2D eigenvalue weighted by atomic mass is 10.1. The Morgan fingerprint density at radius 2 is 0.861 bits per heavy atom. The van der Waals surface area contributed by atoms with E-state index >= 15 is 0 Å². The highest BCUT2D eigenvalue weighted by Crippen LogP contribution is 2.24. The molecule has 0 aliphatic heterocycles. The van der Waals surface area contributed by atoms with Gasteiger partial charge in [-0.05, 0) is 18.9 Å². The minimum absolute atomic E-state index is 1.01. The van der Waals surface area contributed by atoms with E-state index in [9.17, 15) is 0 Å². The van der Waals surface area contributed by atoms with Crippen molar-refractivity contribution in [1.82, 2.24) is 0 Å². The Morgan fingerprint density at radius 3 is 1.28 bits per heavy atom. The number of allylic oxidation sites excluding steroid dienone is 1. The Bertz CT molecular complexity index is 844. The van der Waals surface area contributed by atoms with Crippen molar-refractivity contribution in [2.45, 2.75) is 90.8 Å². The Hall–Kier alpha value is -2.64. The van der Waals surface area contributed by atoms with Crippen LogP contribution in [0, 0.1) is 0 Å². The Kier molecular flexibility index (Phi) is 13.1. The molecule has 192 valence electrons. The second-order valence-electron chi connectivity index (χ2n) is 10.5. The van der Waals surface area contributed by atoms with Crippen molar-refractivity contribution in [2.24, 2.45) is 0 Å². The summed E-state index contributed by atoms with van der Waals surface area (Å²) in [6, 6.07) is 33.1. The largest absolute Gasteiger partial charge is 0.309 e. The molecule has 0 saturated carbocycles. The van der Waals surface area contributed by atoms with Crippen LogP contribution in [0.25, 0.3) is 0 Å². The highest BCUT2D eigenvalue weighted by molar-refractivity contribution is 5.17. The lowest BCUT2D eigenvalue weighted by molar-refractivity contribution is -0.961. The first-order valence-electron chi connectivity index (χ1n) is 14.4. The molecule has 1 nitrogen and oxygen atoms in total. The maximum absolute atomic E-state index is 2.47. The van der Waals surface area contributed by atoms with E-state index in [1.54, 1.807) is 0 Å². The summed E-state index contributed by atoms with van der Waals surface area (Å²) in [5, 5.41) is 0. The highest BCUT2D eigenvalue weighted by Gasteiger charge is 2.27. The molecule has 0 saturated heterocycles. The summed E-state index contributed by atoms with van der Waals surface area (Å²) in [6.45, 7) is 6.45. The monoisotopic (exact) mass is 482 g/mol. The summed E-state index contributed by atoms with van der Waals surface area (Å²) in [6.07, 6.45) is 18.7. The number of hydrogen-bond donors (Lipinski definition) is 0. The van der Waals surface area contributed by atoms with E-state index in [0.717, 1.165) is 30.7 Å². The van der Waals surface area contributed by atoms with Gasteiger partial charge in [0, 0.05) is 16.7 Å². The fourth-order valence-electron chi connectivity index (χ4n) is 5.26. The number of unbranched alkanes of at least 4 members (excludes halogenated alkanes) is 9. The van der Waals surface area contributed by atoms with E-state index < -0.39 is 0 Å². The number of benzene rings is 3. The minimum Gasteiger partial charge on any atom is -0.309 e. The zero-order chi connectivity index (χ0) is 25.2. The first-order chi connectivity index (χ1) is 17.8. The fraction of sp³-hybridized carbons (Fsp3) is 0.429. The van der Waals surface area contributed by atoms with Crippen LogP contribution in [0.4, 0.5) is 0 Å². The van der Waals surface area contributed by atoms with Crippen LogP contribution in [-0.4, -0.2) is 11.0 Å². The quantitative estimate of drug-likeness (QED) is 0.0961. The summed E-state index contributed by atoms with van der Waals surface area (Å²) in [5.41, 5.74) is 4.24. The van der Waals surface area contributed by atoms with Gasteiger partial charge in [0.15, 0.2) is 0 Å². The molecule has 3 aromatic carbocycles. The van der Waals surface area contributed by atoms with Crippen molar-refractivity contribution in [1.29, 1.82) is 0 Å². The first kappa shape index (κ1) is 27.9. The molecule has 0 heterocycles. The van der Waals surface area contributed by atoms with Crippen LogP contribution in [0.3, 0.4) is 0 Å². The molecule has 3 rings (SSSR count). The van der Waals surface area contributed by atoms with Crippen LogP contribution in [0.1, 0.15) is 87.8 Å². The molecule has 0 bridgehead atoms. The SMILES string of the molecule is CCCCCCCCCCC/C=C/C[N+](Cc1ccccc1)(Cc1ccccc1)Cc1ccccc1.